The second-order valence-electron chi connectivity index (χ2n) is 5.32. The molecule has 0 bridgehead atoms. The average molecular weight is 197 g/mol. The molecule has 0 N–H and O–H groups in total. The Balaban J connectivity index is 1.77. The molecule has 2 fully saturated rings. The van der Waals surface area contributed by atoms with Crippen LogP contribution in [0, 0.1) is 11.8 Å². The Morgan fingerprint density at radius 2 is 2.14 bits per heavy atom. The summed E-state index contributed by atoms with van der Waals surface area (Å²) in [5, 5.41) is 0. The summed E-state index contributed by atoms with van der Waals surface area (Å²) in [6.07, 6.45) is 4.25. The number of hydrogen-bond donors (Lipinski definition) is 0. The minimum Gasteiger partial charge on any atom is -0.378 e. The Kier molecular flexibility index (Phi) is 3.45. The molecule has 0 radical (unpaired) electrons. The third-order valence-corrected chi connectivity index (χ3v) is 3.49. The summed E-state index contributed by atoms with van der Waals surface area (Å²) < 4.78 is 5.26. The summed E-state index contributed by atoms with van der Waals surface area (Å²) in [7, 11) is 0. The Morgan fingerprint density at radius 3 is 2.71 bits per heavy atom. The first-order valence-electron chi connectivity index (χ1n) is 6.07. The molecule has 2 nitrogen and oxygen atoms in total. The van der Waals surface area contributed by atoms with E-state index in [1.165, 1.54) is 32.4 Å². The zero-order valence-electron chi connectivity index (χ0n) is 9.54. The summed E-state index contributed by atoms with van der Waals surface area (Å²) in [4.78, 5) is 2.65. The van der Waals surface area contributed by atoms with Gasteiger partial charge in [-0.05, 0) is 37.6 Å². The highest BCUT2D eigenvalue weighted by molar-refractivity contribution is 4.82. The van der Waals surface area contributed by atoms with E-state index in [0.717, 1.165) is 31.1 Å². The van der Waals surface area contributed by atoms with Gasteiger partial charge >= 0.3 is 0 Å². The van der Waals surface area contributed by atoms with Crippen LogP contribution in [-0.2, 0) is 4.74 Å². The summed E-state index contributed by atoms with van der Waals surface area (Å²) in [6.45, 7) is 9.27. The van der Waals surface area contributed by atoms with E-state index in [4.69, 9.17) is 4.74 Å². The van der Waals surface area contributed by atoms with Crippen LogP contribution in [0.5, 0.6) is 0 Å². The highest BCUT2D eigenvalue weighted by Crippen LogP contribution is 2.25. The summed E-state index contributed by atoms with van der Waals surface area (Å²) in [5.41, 5.74) is 0. The second kappa shape index (κ2) is 4.63. The molecule has 0 spiro atoms. The van der Waals surface area contributed by atoms with Gasteiger partial charge in [0.25, 0.3) is 0 Å². The lowest BCUT2D eigenvalue weighted by Crippen LogP contribution is -2.52. The number of hydrogen-bond acceptors (Lipinski definition) is 2. The third-order valence-electron chi connectivity index (χ3n) is 3.49. The van der Waals surface area contributed by atoms with Crippen molar-refractivity contribution >= 4 is 0 Å². The van der Waals surface area contributed by atoms with E-state index in [2.05, 4.69) is 18.7 Å². The van der Waals surface area contributed by atoms with Crippen molar-refractivity contribution < 1.29 is 4.74 Å². The highest BCUT2D eigenvalue weighted by atomic mass is 16.5. The molecule has 0 unspecified atom stereocenters. The molecule has 0 saturated carbocycles. The molecule has 14 heavy (non-hydrogen) atoms. The molecule has 2 heterocycles. The van der Waals surface area contributed by atoms with Crippen molar-refractivity contribution in [3.63, 3.8) is 0 Å². The van der Waals surface area contributed by atoms with Crippen molar-refractivity contribution in [1.82, 2.24) is 4.90 Å². The standard InChI is InChI=1S/C12H23NO/c1-10(2)6-11-4-3-5-13(7-11)12-8-14-9-12/h10-12H,3-9H2,1-2H3/t11-/m0/s1. The average Bonchev–Trinajstić information content (AvgIpc) is 1.99. The molecule has 2 aliphatic rings. The zero-order chi connectivity index (χ0) is 9.97. The third kappa shape index (κ3) is 2.48. The van der Waals surface area contributed by atoms with Crippen LogP contribution in [0.3, 0.4) is 0 Å². The van der Waals surface area contributed by atoms with Gasteiger partial charge in [0.05, 0.1) is 19.3 Å². The fourth-order valence-corrected chi connectivity index (χ4v) is 2.72. The van der Waals surface area contributed by atoms with E-state index in [1.807, 2.05) is 0 Å². The van der Waals surface area contributed by atoms with E-state index in [9.17, 15) is 0 Å². The molecule has 82 valence electrons. The first kappa shape index (κ1) is 10.4. The summed E-state index contributed by atoms with van der Waals surface area (Å²) in [5.74, 6) is 1.81. The SMILES string of the molecule is CC(C)C[C@@H]1CCCN(C2COC2)C1. The topological polar surface area (TPSA) is 12.5 Å². The van der Waals surface area contributed by atoms with Crippen molar-refractivity contribution in [3.05, 3.63) is 0 Å². The van der Waals surface area contributed by atoms with Crippen molar-refractivity contribution in [1.29, 1.82) is 0 Å². The van der Waals surface area contributed by atoms with Gasteiger partial charge in [0.15, 0.2) is 0 Å². The number of ether oxygens (including phenoxy) is 1. The lowest BCUT2D eigenvalue weighted by Gasteiger charge is -2.42. The second-order valence-corrected chi connectivity index (χ2v) is 5.32. The van der Waals surface area contributed by atoms with Gasteiger partial charge in [-0.25, -0.2) is 0 Å². The van der Waals surface area contributed by atoms with E-state index >= 15 is 0 Å². The Labute approximate surface area is 87.6 Å². The van der Waals surface area contributed by atoms with E-state index < -0.39 is 0 Å². The number of likely N-dealkylation sites (tertiary alicyclic amines) is 1. The van der Waals surface area contributed by atoms with Gasteiger partial charge in [-0.3, -0.25) is 4.90 Å². The van der Waals surface area contributed by atoms with Gasteiger partial charge in [-0.1, -0.05) is 13.8 Å². The minimum absolute atomic E-state index is 0.755. The predicted octanol–water partition coefficient (Wildman–Crippen LogP) is 2.14. The van der Waals surface area contributed by atoms with Crippen LogP contribution in [-0.4, -0.2) is 37.2 Å². The lowest BCUT2D eigenvalue weighted by atomic mass is 9.89. The largest absolute Gasteiger partial charge is 0.378 e. The van der Waals surface area contributed by atoms with Crippen LogP contribution < -0.4 is 0 Å². The van der Waals surface area contributed by atoms with E-state index in [1.54, 1.807) is 0 Å². The van der Waals surface area contributed by atoms with Crippen LogP contribution in [0.2, 0.25) is 0 Å². The molecular weight excluding hydrogens is 174 g/mol. The summed E-state index contributed by atoms with van der Waals surface area (Å²) >= 11 is 0. The monoisotopic (exact) mass is 197 g/mol. The summed E-state index contributed by atoms with van der Waals surface area (Å²) in [6, 6.07) is 0.755. The number of piperidine rings is 1. The zero-order valence-corrected chi connectivity index (χ0v) is 9.54. The molecule has 0 aromatic heterocycles. The maximum atomic E-state index is 5.26. The molecule has 2 heteroatoms. The molecule has 2 saturated heterocycles. The van der Waals surface area contributed by atoms with E-state index in [-0.39, 0.29) is 0 Å². The molecular formula is C12H23NO. The molecule has 0 aromatic carbocycles. The molecule has 2 aliphatic heterocycles. The fourth-order valence-electron chi connectivity index (χ4n) is 2.72. The predicted molar refractivity (Wildman–Crippen MR) is 58.4 cm³/mol. The normalized spacial score (nSPS) is 30.6. The smallest absolute Gasteiger partial charge is 0.0645 e. The van der Waals surface area contributed by atoms with Crippen molar-refractivity contribution in [2.75, 3.05) is 26.3 Å². The number of rotatable bonds is 3. The minimum atomic E-state index is 0.755. The van der Waals surface area contributed by atoms with Gasteiger partial charge in [0.2, 0.25) is 0 Å². The fraction of sp³-hybridized carbons (Fsp3) is 1.00. The first-order chi connectivity index (χ1) is 6.75. The van der Waals surface area contributed by atoms with Crippen molar-refractivity contribution in [3.8, 4) is 0 Å². The van der Waals surface area contributed by atoms with Crippen molar-refractivity contribution in [2.24, 2.45) is 11.8 Å². The Bertz CT molecular complexity index is 177. The Hall–Kier alpha value is -0.0800. The van der Waals surface area contributed by atoms with Gasteiger partial charge in [0, 0.05) is 6.54 Å². The van der Waals surface area contributed by atoms with Crippen molar-refractivity contribution in [2.45, 2.75) is 39.2 Å². The van der Waals surface area contributed by atoms with Crippen LogP contribution in [0.15, 0.2) is 0 Å². The lowest BCUT2D eigenvalue weighted by molar-refractivity contribution is -0.0771. The molecule has 0 aliphatic carbocycles. The Morgan fingerprint density at radius 1 is 1.36 bits per heavy atom. The highest BCUT2D eigenvalue weighted by Gasteiger charge is 2.30. The van der Waals surface area contributed by atoms with Crippen LogP contribution >= 0.6 is 0 Å². The van der Waals surface area contributed by atoms with Crippen LogP contribution in [0.4, 0.5) is 0 Å². The molecule has 0 amide bonds. The van der Waals surface area contributed by atoms with E-state index in [0.29, 0.717) is 0 Å². The van der Waals surface area contributed by atoms with Gasteiger partial charge in [-0.2, -0.15) is 0 Å². The molecule has 0 aromatic rings. The first-order valence-corrected chi connectivity index (χ1v) is 6.07. The molecule has 2 rings (SSSR count). The van der Waals surface area contributed by atoms with Crippen LogP contribution in [0.1, 0.15) is 33.1 Å². The number of nitrogens with zero attached hydrogens (tertiary/aromatic N) is 1. The van der Waals surface area contributed by atoms with Gasteiger partial charge in [0.1, 0.15) is 0 Å². The van der Waals surface area contributed by atoms with Crippen LogP contribution in [0.25, 0.3) is 0 Å². The maximum Gasteiger partial charge on any atom is 0.0645 e. The van der Waals surface area contributed by atoms with Gasteiger partial charge < -0.3 is 4.74 Å². The molecule has 1 atom stereocenters. The quantitative estimate of drug-likeness (QED) is 0.687. The maximum absolute atomic E-state index is 5.26. The van der Waals surface area contributed by atoms with Gasteiger partial charge in [-0.15, -0.1) is 0 Å².